The van der Waals surface area contributed by atoms with Crippen molar-refractivity contribution in [1.82, 2.24) is 9.88 Å². The molecule has 3 aromatic rings. The maximum Gasteiger partial charge on any atom is 0.130 e. The number of halogens is 2. The summed E-state index contributed by atoms with van der Waals surface area (Å²) in [5.74, 6) is -0.247. The van der Waals surface area contributed by atoms with E-state index in [1.165, 1.54) is 6.07 Å². The van der Waals surface area contributed by atoms with Gasteiger partial charge in [0.05, 0.1) is 11.2 Å². The number of fused-ring (bicyclic) bond motifs is 1. The molecule has 0 fully saturated rings. The predicted molar refractivity (Wildman–Crippen MR) is 132 cm³/mol. The largest absolute Gasteiger partial charge is 0.382 e. The van der Waals surface area contributed by atoms with E-state index in [4.69, 9.17) is 16.6 Å². The zero-order chi connectivity index (χ0) is 22.2. The van der Waals surface area contributed by atoms with Crippen LogP contribution in [0.2, 0.25) is 5.02 Å². The van der Waals surface area contributed by atoms with Crippen LogP contribution < -0.4 is 5.32 Å². The maximum absolute atomic E-state index is 14.0. The summed E-state index contributed by atoms with van der Waals surface area (Å²) in [5, 5.41) is 5.33. The van der Waals surface area contributed by atoms with E-state index in [1.54, 1.807) is 18.2 Å². The summed E-state index contributed by atoms with van der Waals surface area (Å²) in [6, 6.07) is 14.8. The number of aromatic nitrogens is 1. The van der Waals surface area contributed by atoms with Crippen LogP contribution in [0.4, 0.5) is 10.1 Å². The van der Waals surface area contributed by atoms with Gasteiger partial charge < -0.3 is 10.2 Å². The van der Waals surface area contributed by atoms with Crippen molar-refractivity contribution in [1.29, 1.82) is 0 Å². The summed E-state index contributed by atoms with van der Waals surface area (Å²) in [4.78, 5) is 7.16. The average Bonchev–Trinajstić information content (AvgIpc) is 2.76. The lowest BCUT2D eigenvalue weighted by Gasteiger charge is -2.21. The zero-order valence-electron chi connectivity index (χ0n) is 18.5. The van der Waals surface area contributed by atoms with Gasteiger partial charge in [-0.15, -0.1) is 0 Å². The summed E-state index contributed by atoms with van der Waals surface area (Å²) in [6.45, 7) is 9.91. The van der Waals surface area contributed by atoms with Crippen LogP contribution in [0.15, 0.2) is 48.5 Å². The highest BCUT2D eigenvalue weighted by atomic mass is 35.5. The summed E-state index contributed by atoms with van der Waals surface area (Å²) < 4.78 is 14.0. The molecular weight excluding hydrogens is 409 g/mol. The van der Waals surface area contributed by atoms with Gasteiger partial charge in [0.15, 0.2) is 0 Å². The van der Waals surface area contributed by atoms with E-state index in [0.29, 0.717) is 16.6 Å². The Morgan fingerprint density at radius 3 is 2.61 bits per heavy atom. The lowest BCUT2D eigenvalue weighted by molar-refractivity contribution is 0.295. The van der Waals surface area contributed by atoms with Gasteiger partial charge in [-0.1, -0.05) is 43.6 Å². The number of hydrogen-bond donors (Lipinski definition) is 1. The lowest BCUT2D eigenvalue weighted by Crippen LogP contribution is -2.25. The van der Waals surface area contributed by atoms with Crippen molar-refractivity contribution in [3.8, 4) is 0 Å². The molecular formula is C26H31ClFN3. The van der Waals surface area contributed by atoms with Crippen molar-refractivity contribution in [2.75, 3.05) is 25.0 Å². The minimum absolute atomic E-state index is 0.247. The highest BCUT2D eigenvalue weighted by Crippen LogP contribution is 2.28. The third-order valence-electron chi connectivity index (χ3n) is 5.54. The quantitative estimate of drug-likeness (QED) is 0.364. The highest BCUT2D eigenvalue weighted by molar-refractivity contribution is 6.31. The first-order valence-electron chi connectivity index (χ1n) is 11.0. The fraction of sp³-hybridized carbons (Fsp3) is 0.346. The predicted octanol–water partition coefficient (Wildman–Crippen LogP) is 7.12. The number of hydrogen-bond acceptors (Lipinski definition) is 3. The van der Waals surface area contributed by atoms with Crippen molar-refractivity contribution >= 4 is 40.3 Å². The second-order valence-electron chi connectivity index (χ2n) is 7.83. The van der Waals surface area contributed by atoms with Crippen molar-refractivity contribution in [2.45, 2.75) is 39.7 Å². The number of anilines is 1. The number of nitrogens with one attached hydrogen (secondary N) is 1. The Hall–Kier alpha value is -2.43. The number of benzene rings is 2. The first-order chi connectivity index (χ1) is 15.0. The second-order valence-corrected chi connectivity index (χ2v) is 8.26. The molecule has 164 valence electrons. The Bertz CT molecular complexity index is 1030. The summed E-state index contributed by atoms with van der Waals surface area (Å²) in [7, 11) is 0. The number of nitrogens with zero attached hydrogens (tertiary/aromatic N) is 2. The Labute approximate surface area is 189 Å². The minimum Gasteiger partial charge on any atom is -0.382 e. The normalized spacial score (nSPS) is 12.7. The van der Waals surface area contributed by atoms with Gasteiger partial charge in [0.1, 0.15) is 5.82 Å². The summed E-state index contributed by atoms with van der Waals surface area (Å²) in [6.07, 6.45) is 5.82. The van der Waals surface area contributed by atoms with E-state index in [-0.39, 0.29) is 5.82 Å². The van der Waals surface area contributed by atoms with Gasteiger partial charge >= 0.3 is 0 Å². The van der Waals surface area contributed by atoms with Crippen LogP contribution in [0, 0.1) is 5.82 Å². The summed E-state index contributed by atoms with van der Waals surface area (Å²) >= 11 is 6.22. The molecule has 1 unspecified atom stereocenters. The van der Waals surface area contributed by atoms with Crippen molar-refractivity contribution in [3.63, 3.8) is 0 Å². The maximum atomic E-state index is 14.0. The van der Waals surface area contributed by atoms with E-state index in [0.717, 1.165) is 54.8 Å². The topological polar surface area (TPSA) is 28.2 Å². The van der Waals surface area contributed by atoms with Crippen molar-refractivity contribution in [2.24, 2.45) is 0 Å². The third kappa shape index (κ3) is 6.52. The molecule has 3 rings (SSSR count). The fourth-order valence-electron chi connectivity index (χ4n) is 3.71. The first kappa shape index (κ1) is 23.2. The Kier molecular flexibility index (Phi) is 8.44. The minimum atomic E-state index is -0.247. The van der Waals surface area contributed by atoms with Crippen molar-refractivity contribution in [3.05, 3.63) is 70.6 Å². The van der Waals surface area contributed by atoms with Crippen LogP contribution >= 0.6 is 11.6 Å². The lowest BCUT2D eigenvalue weighted by atomic mass is 10.1. The van der Waals surface area contributed by atoms with Gasteiger partial charge in [0, 0.05) is 27.7 Å². The van der Waals surface area contributed by atoms with E-state index in [9.17, 15) is 4.39 Å². The molecule has 0 amide bonds. The van der Waals surface area contributed by atoms with Crippen LogP contribution in [0.5, 0.6) is 0 Å². The van der Waals surface area contributed by atoms with Crippen LogP contribution in [0.3, 0.4) is 0 Å². The molecule has 0 radical (unpaired) electrons. The Morgan fingerprint density at radius 2 is 1.87 bits per heavy atom. The van der Waals surface area contributed by atoms with Gasteiger partial charge in [-0.05, 0) is 81.9 Å². The average molecular weight is 440 g/mol. The molecule has 1 N–H and O–H groups in total. The molecule has 1 heterocycles. The van der Waals surface area contributed by atoms with Gasteiger partial charge in [-0.2, -0.15) is 0 Å². The first-order valence-corrected chi connectivity index (χ1v) is 11.4. The highest BCUT2D eigenvalue weighted by Gasteiger charge is 2.10. The smallest absolute Gasteiger partial charge is 0.130 e. The molecule has 1 aromatic heterocycles. The van der Waals surface area contributed by atoms with Gasteiger partial charge in [-0.25, -0.2) is 9.37 Å². The van der Waals surface area contributed by atoms with Crippen LogP contribution in [0.1, 0.15) is 44.9 Å². The molecule has 31 heavy (non-hydrogen) atoms. The van der Waals surface area contributed by atoms with Crippen LogP contribution in [0.25, 0.3) is 23.1 Å². The molecule has 3 nitrogen and oxygen atoms in total. The van der Waals surface area contributed by atoms with Gasteiger partial charge in [0.25, 0.3) is 0 Å². The molecule has 0 spiro atoms. The Morgan fingerprint density at radius 1 is 1.10 bits per heavy atom. The molecule has 0 aliphatic carbocycles. The number of pyridine rings is 1. The molecule has 0 aliphatic rings. The molecule has 2 aromatic carbocycles. The fourth-order valence-corrected chi connectivity index (χ4v) is 3.88. The van der Waals surface area contributed by atoms with Gasteiger partial charge in [-0.3, -0.25) is 0 Å². The molecule has 5 heteroatoms. The molecule has 0 saturated carbocycles. The molecule has 0 bridgehead atoms. The Balaban J connectivity index is 1.81. The monoisotopic (exact) mass is 439 g/mol. The molecule has 0 saturated heterocycles. The third-order valence-corrected chi connectivity index (χ3v) is 5.77. The molecule has 1 atom stereocenters. The van der Waals surface area contributed by atoms with E-state index in [1.807, 2.05) is 36.4 Å². The SMILES string of the molecule is CCN(CC)CCCC(C)Nc1cc(/C=C/c2ccccc2F)nc2cc(Cl)ccc12. The number of rotatable bonds is 10. The van der Waals surface area contributed by atoms with E-state index in [2.05, 4.69) is 31.0 Å². The van der Waals surface area contributed by atoms with E-state index >= 15 is 0 Å². The zero-order valence-corrected chi connectivity index (χ0v) is 19.3. The molecule has 0 aliphatic heterocycles. The van der Waals surface area contributed by atoms with E-state index < -0.39 is 0 Å². The second kappa shape index (κ2) is 11.3. The standard InChI is InChI=1S/C26H31ClFN3/c1-4-31(5-2)16-8-9-19(3)29-26-18-22(14-12-20-10-6-7-11-24(20)28)30-25-17-21(27)13-15-23(25)26/h6-7,10-15,17-19H,4-5,8-9,16H2,1-3H3,(H,29,30)/b14-12+. The summed E-state index contributed by atoms with van der Waals surface area (Å²) in [5.41, 5.74) is 3.14. The van der Waals surface area contributed by atoms with Gasteiger partial charge in [0.2, 0.25) is 0 Å². The van der Waals surface area contributed by atoms with Crippen molar-refractivity contribution < 1.29 is 4.39 Å². The van der Waals surface area contributed by atoms with Crippen LogP contribution in [-0.4, -0.2) is 35.6 Å². The van der Waals surface area contributed by atoms with Crippen LogP contribution in [-0.2, 0) is 0 Å².